The van der Waals surface area contributed by atoms with Crippen molar-refractivity contribution in [3.63, 3.8) is 0 Å². The molecule has 0 saturated carbocycles. The average Bonchev–Trinajstić information content (AvgIpc) is 3.26. The number of nitrogens with zero attached hydrogens (tertiary/aromatic N) is 4. The third kappa shape index (κ3) is 3.09. The second-order valence-corrected chi connectivity index (χ2v) is 7.33. The fraction of sp³-hybridized carbons (Fsp3) is 0.429. The van der Waals surface area contributed by atoms with Crippen LogP contribution >= 0.6 is 0 Å². The lowest BCUT2D eigenvalue weighted by Gasteiger charge is -2.34. The summed E-state index contributed by atoms with van der Waals surface area (Å²) in [6, 6.07) is 4.31. The Hall–Kier alpha value is -2.44. The van der Waals surface area contributed by atoms with Crippen LogP contribution in [0.2, 0.25) is 0 Å². The molecule has 142 valence electrons. The molecule has 0 amide bonds. The van der Waals surface area contributed by atoms with Crippen molar-refractivity contribution in [2.75, 3.05) is 26.3 Å². The molecule has 0 aliphatic carbocycles. The van der Waals surface area contributed by atoms with Crippen molar-refractivity contribution in [1.29, 1.82) is 0 Å². The molecule has 0 N–H and O–H groups in total. The molecule has 1 aliphatic rings. The number of hydrogen-bond donors (Lipinski definition) is 0. The van der Waals surface area contributed by atoms with Crippen LogP contribution in [0.3, 0.4) is 0 Å². The Morgan fingerprint density at radius 1 is 1.26 bits per heavy atom. The smallest absolute Gasteiger partial charge is 0.160 e. The molecule has 1 unspecified atom stereocenters. The lowest BCUT2D eigenvalue weighted by atomic mass is 9.99. The van der Waals surface area contributed by atoms with Crippen molar-refractivity contribution in [3.8, 4) is 11.4 Å². The summed E-state index contributed by atoms with van der Waals surface area (Å²) in [5.41, 5.74) is 5.09. The zero-order valence-electron chi connectivity index (χ0n) is 16.4. The second kappa shape index (κ2) is 6.94. The van der Waals surface area contributed by atoms with E-state index in [4.69, 9.17) is 4.74 Å². The molecule has 0 bridgehead atoms. The first-order valence-corrected chi connectivity index (χ1v) is 9.43. The van der Waals surface area contributed by atoms with Gasteiger partial charge in [0.05, 0.1) is 13.2 Å². The number of morpholine rings is 1. The summed E-state index contributed by atoms with van der Waals surface area (Å²) in [6.07, 6.45) is 5.89. The van der Waals surface area contributed by atoms with E-state index >= 15 is 0 Å². The van der Waals surface area contributed by atoms with Crippen molar-refractivity contribution < 1.29 is 9.53 Å². The molecule has 1 aliphatic heterocycles. The van der Waals surface area contributed by atoms with Crippen molar-refractivity contribution in [3.05, 3.63) is 47.5 Å². The Balaban J connectivity index is 1.91. The molecule has 0 aromatic carbocycles. The highest BCUT2D eigenvalue weighted by molar-refractivity contribution is 5.97. The molecule has 4 rings (SSSR count). The van der Waals surface area contributed by atoms with Gasteiger partial charge in [-0.15, -0.1) is 0 Å². The fourth-order valence-corrected chi connectivity index (χ4v) is 4.16. The number of ketones is 1. The molecule has 0 spiro atoms. The van der Waals surface area contributed by atoms with E-state index in [0.717, 1.165) is 54.3 Å². The highest BCUT2D eigenvalue weighted by Gasteiger charge is 2.25. The number of rotatable bonds is 4. The standard InChI is InChI=1S/C21H26N4O2/c1-14-19(16(3)26)12-18-11-17(21-22-5-6-23(21)4)13-25(18)20(14)15(2)24-7-9-27-10-8-24/h5-6,11-13,15H,7-10H2,1-4H3. The van der Waals surface area contributed by atoms with Crippen LogP contribution in [-0.2, 0) is 11.8 Å². The Morgan fingerprint density at radius 2 is 2.00 bits per heavy atom. The van der Waals surface area contributed by atoms with Gasteiger partial charge in [0.1, 0.15) is 5.82 Å². The minimum atomic E-state index is 0.102. The zero-order valence-corrected chi connectivity index (χ0v) is 16.4. The molecule has 4 heterocycles. The minimum absolute atomic E-state index is 0.102. The number of pyridine rings is 1. The topological polar surface area (TPSA) is 51.8 Å². The Labute approximate surface area is 159 Å². The predicted octanol–water partition coefficient (Wildman–Crippen LogP) is 3.24. The Bertz CT molecular complexity index is 995. The molecule has 6 heteroatoms. The first-order valence-electron chi connectivity index (χ1n) is 9.43. The van der Waals surface area contributed by atoms with Gasteiger partial charge in [0.15, 0.2) is 5.78 Å². The summed E-state index contributed by atoms with van der Waals surface area (Å²) in [4.78, 5) is 19.2. The largest absolute Gasteiger partial charge is 0.379 e. The molecule has 3 aromatic rings. The van der Waals surface area contributed by atoms with E-state index in [1.807, 2.05) is 23.9 Å². The molecule has 1 saturated heterocycles. The van der Waals surface area contributed by atoms with Crippen LogP contribution in [-0.4, -0.2) is 50.9 Å². The molecule has 27 heavy (non-hydrogen) atoms. The number of fused-ring (bicyclic) bond motifs is 1. The van der Waals surface area contributed by atoms with Gasteiger partial charge in [-0.2, -0.15) is 0 Å². The molecular formula is C21H26N4O2. The van der Waals surface area contributed by atoms with E-state index in [1.165, 1.54) is 5.69 Å². The third-order valence-electron chi connectivity index (χ3n) is 5.64. The van der Waals surface area contributed by atoms with Gasteiger partial charge in [-0.05, 0) is 38.5 Å². The van der Waals surface area contributed by atoms with E-state index < -0.39 is 0 Å². The monoisotopic (exact) mass is 366 g/mol. The summed E-state index contributed by atoms with van der Waals surface area (Å²) in [5, 5.41) is 0. The maximum atomic E-state index is 12.3. The van der Waals surface area contributed by atoms with Gasteiger partial charge in [-0.25, -0.2) is 4.98 Å². The van der Waals surface area contributed by atoms with Gasteiger partial charge in [0, 0.05) is 67.1 Å². The second-order valence-electron chi connectivity index (χ2n) is 7.33. The van der Waals surface area contributed by atoms with Crippen molar-refractivity contribution >= 4 is 11.3 Å². The SMILES string of the molecule is CC(=O)c1cc2cc(-c3nccn3C)cn2c(C(C)N2CCOCC2)c1C. The maximum absolute atomic E-state index is 12.3. The van der Waals surface area contributed by atoms with Gasteiger partial charge < -0.3 is 13.7 Å². The molecule has 6 nitrogen and oxygen atoms in total. The van der Waals surface area contributed by atoms with Crippen LogP contribution in [0.1, 0.15) is 41.5 Å². The highest BCUT2D eigenvalue weighted by Crippen LogP contribution is 2.31. The van der Waals surface area contributed by atoms with Crippen LogP contribution in [0.25, 0.3) is 16.9 Å². The lowest BCUT2D eigenvalue weighted by molar-refractivity contribution is 0.0187. The van der Waals surface area contributed by atoms with E-state index in [-0.39, 0.29) is 11.8 Å². The van der Waals surface area contributed by atoms with Gasteiger partial charge in [0.2, 0.25) is 0 Å². The normalized spacial score (nSPS) is 16.7. The van der Waals surface area contributed by atoms with Crippen LogP contribution in [0, 0.1) is 6.92 Å². The van der Waals surface area contributed by atoms with Gasteiger partial charge in [-0.3, -0.25) is 9.69 Å². The third-order valence-corrected chi connectivity index (χ3v) is 5.64. The number of hydrogen-bond acceptors (Lipinski definition) is 4. The number of aromatic nitrogens is 3. The molecular weight excluding hydrogens is 340 g/mol. The Kier molecular flexibility index (Phi) is 4.61. The van der Waals surface area contributed by atoms with Gasteiger partial charge in [0.25, 0.3) is 0 Å². The molecule has 1 fully saturated rings. The number of carbonyl (C=O) groups excluding carboxylic acids is 1. The zero-order chi connectivity index (χ0) is 19.1. The van der Waals surface area contributed by atoms with Crippen LogP contribution in [0.15, 0.2) is 30.7 Å². The highest BCUT2D eigenvalue weighted by atomic mass is 16.5. The molecule has 1 atom stereocenters. The number of Topliss-reactive ketones (excluding diaryl/α,β-unsaturated/α-hetero) is 1. The quantitative estimate of drug-likeness (QED) is 0.665. The first kappa shape index (κ1) is 17.9. The summed E-state index contributed by atoms with van der Waals surface area (Å²) < 4.78 is 9.76. The van der Waals surface area contributed by atoms with Gasteiger partial charge >= 0.3 is 0 Å². The Morgan fingerprint density at radius 3 is 2.63 bits per heavy atom. The van der Waals surface area contributed by atoms with Crippen LogP contribution in [0.5, 0.6) is 0 Å². The van der Waals surface area contributed by atoms with Gasteiger partial charge in [-0.1, -0.05) is 0 Å². The minimum Gasteiger partial charge on any atom is -0.379 e. The number of carbonyl (C=O) groups is 1. The van der Waals surface area contributed by atoms with E-state index in [0.29, 0.717) is 0 Å². The fourth-order valence-electron chi connectivity index (χ4n) is 4.16. The number of ether oxygens (including phenoxy) is 1. The van der Waals surface area contributed by atoms with Crippen molar-refractivity contribution in [1.82, 2.24) is 18.9 Å². The summed E-state index contributed by atoms with van der Waals surface area (Å²) in [6.45, 7) is 9.23. The van der Waals surface area contributed by atoms with Crippen molar-refractivity contribution in [2.24, 2.45) is 7.05 Å². The maximum Gasteiger partial charge on any atom is 0.160 e. The van der Waals surface area contributed by atoms with Crippen molar-refractivity contribution in [2.45, 2.75) is 26.8 Å². The summed E-state index contributed by atoms with van der Waals surface area (Å²) >= 11 is 0. The predicted molar refractivity (Wildman–Crippen MR) is 105 cm³/mol. The average molecular weight is 366 g/mol. The number of imidazole rings is 1. The molecule has 0 radical (unpaired) electrons. The number of aryl methyl sites for hydroxylation is 1. The summed E-state index contributed by atoms with van der Waals surface area (Å²) in [7, 11) is 1.99. The van der Waals surface area contributed by atoms with Crippen LogP contribution < -0.4 is 0 Å². The van der Waals surface area contributed by atoms with E-state index in [9.17, 15) is 4.79 Å². The van der Waals surface area contributed by atoms with Crippen LogP contribution in [0.4, 0.5) is 0 Å². The summed E-state index contributed by atoms with van der Waals surface area (Å²) in [5.74, 6) is 1.02. The van der Waals surface area contributed by atoms with E-state index in [2.05, 4.69) is 40.4 Å². The first-order chi connectivity index (χ1) is 13.0. The molecule has 3 aromatic heterocycles. The lowest BCUT2D eigenvalue weighted by Crippen LogP contribution is -2.39. The van der Waals surface area contributed by atoms with E-state index in [1.54, 1.807) is 13.1 Å².